The van der Waals surface area contributed by atoms with Crippen LogP contribution in [0.25, 0.3) is 0 Å². The summed E-state index contributed by atoms with van der Waals surface area (Å²) >= 11 is 0. The third kappa shape index (κ3) is 5.55. The van der Waals surface area contributed by atoms with Crippen molar-refractivity contribution in [2.75, 3.05) is 12.3 Å². The van der Waals surface area contributed by atoms with Gasteiger partial charge in [0.2, 0.25) is 9.84 Å². The highest BCUT2D eigenvalue weighted by molar-refractivity contribution is 7.91. The van der Waals surface area contributed by atoms with Gasteiger partial charge in [0, 0.05) is 12.7 Å². The van der Waals surface area contributed by atoms with Crippen LogP contribution in [0.3, 0.4) is 0 Å². The second-order valence-electron chi connectivity index (χ2n) is 2.81. The first-order valence-corrected chi connectivity index (χ1v) is 6.90. The van der Waals surface area contributed by atoms with Gasteiger partial charge in [0.25, 0.3) is 0 Å². The van der Waals surface area contributed by atoms with Crippen molar-refractivity contribution in [3.05, 3.63) is 36.3 Å². The second kappa shape index (κ2) is 7.92. The molecule has 0 fully saturated rings. The van der Waals surface area contributed by atoms with Crippen LogP contribution in [-0.2, 0) is 9.84 Å². The fraction of sp³-hybridized carbons (Fsp3) is 0.364. The molecule has 1 aromatic rings. The first-order valence-electron chi connectivity index (χ1n) is 5.24. The SMILES string of the molecule is CC.NC/C=C(\F)CS(=O)(=O)c1ccccn1. The monoisotopic (exact) mass is 260 g/mol. The third-order valence-electron chi connectivity index (χ3n) is 1.62. The van der Waals surface area contributed by atoms with E-state index in [9.17, 15) is 12.8 Å². The Labute approximate surface area is 101 Å². The molecule has 0 unspecified atom stereocenters. The van der Waals surface area contributed by atoms with Crippen LogP contribution < -0.4 is 5.73 Å². The van der Waals surface area contributed by atoms with Crippen molar-refractivity contribution in [2.24, 2.45) is 5.73 Å². The number of pyridine rings is 1. The van der Waals surface area contributed by atoms with Gasteiger partial charge in [-0.3, -0.25) is 0 Å². The molecule has 0 aromatic carbocycles. The van der Waals surface area contributed by atoms with Crippen molar-refractivity contribution in [3.8, 4) is 0 Å². The summed E-state index contributed by atoms with van der Waals surface area (Å²) in [6.07, 6.45) is 2.37. The predicted octanol–water partition coefficient (Wildman–Crippen LogP) is 1.69. The molecule has 17 heavy (non-hydrogen) atoms. The first-order chi connectivity index (χ1) is 8.06. The van der Waals surface area contributed by atoms with E-state index in [1.807, 2.05) is 13.8 Å². The molecule has 1 heterocycles. The molecule has 0 bridgehead atoms. The Hall–Kier alpha value is -1.27. The zero-order valence-corrected chi connectivity index (χ0v) is 10.7. The summed E-state index contributed by atoms with van der Waals surface area (Å²) in [7, 11) is -3.69. The quantitative estimate of drug-likeness (QED) is 0.894. The van der Waals surface area contributed by atoms with Crippen LogP contribution in [0.4, 0.5) is 4.39 Å². The Balaban J connectivity index is 0.00000121. The van der Waals surface area contributed by atoms with Gasteiger partial charge in [0.1, 0.15) is 11.6 Å². The zero-order chi connectivity index (χ0) is 13.3. The summed E-state index contributed by atoms with van der Waals surface area (Å²) in [6.45, 7) is 3.98. The second-order valence-corrected chi connectivity index (χ2v) is 4.75. The van der Waals surface area contributed by atoms with Crippen LogP contribution in [-0.4, -0.2) is 25.7 Å². The number of aromatic nitrogens is 1. The molecule has 0 saturated heterocycles. The minimum Gasteiger partial charge on any atom is -0.327 e. The highest BCUT2D eigenvalue weighted by Gasteiger charge is 2.17. The molecule has 2 N–H and O–H groups in total. The van der Waals surface area contributed by atoms with Crippen molar-refractivity contribution in [1.29, 1.82) is 0 Å². The number of hydrogen-bond donors (Lipinski definition) is 1. The maximum absolute atomic E-state index is 13.0. The molecule has 0 aliphatic carbocycles. The number of sulfone groups is 1. The van der Waals surface area contributed by atoms with Crippen molar-refractivity contribution in [3.63, 3.8) is 0 Å². The highest BCUT2D eigenvalue weighted by atomic mass is 32.2. The normalized spacial score (nSPS) is 11.6. The lowest BCUT2D eigenvalue weighted by atomic mass is 10.5. The molecule has 0 amide bonds. The molecule has 1 aromatic heterocycles. The summed E-state index contributed by atoms with van der Waals surface area (Å²) in [4.78, 5) is 3.65. The summed E-state index contributed by atoms with van der Waals surface area (Å²) in [5.41, 5.74) is 5.06. The molecule has 0 radical (unpaired) electrons. The van der Waals surface area contributed by atoms with Crippen LogP contribution in [0.5, 0.6) is 0 Å². The third-order valence-corrected chi connectivity index (χ3v) is 3.16. The Morgan fingerprint density at radius 1 is 1.47 bits per heavy atom. The van der Waals surface area contributed by atoms with Gasteiger partial charge in [-0.05, 0) is 18.2 Å². The maximum atomic E-state index is 13.0. The summed E-state index contributed by atoms with van der Waals surface area (Å²) in [5.74, 6) is -1.45. The topological polar surface area (TPSA) is 73.1 Å². The lowest BCUT2D eigenvalue weighted by Gasteiger charge is -2.00. The predicted molar refractivity (Wildman–Crippen MR) is 65.9 cm³/mol. The molecule has 0 atom stereocenters. The number of nitrogens with zero attached hydrogens (tertiary/aromatic N) is 1. The Morgan fingerprint density at radius 3 is 2.59 bits per heavy atom. The van der Waals surface area contributed by atoms with Crippen molar-refractivity contribution < 1.29 is 12.8 Å². The highest BCUT2D eigenvalue weighted by Crippen LogP contribution is 2.11. The Morgan fingerprint density at radius 2 is 2.12 bits per heavy atom. The minimum absolute atomic E-state index is 0.0242. The van der Waals surface area contributed by atoms with Gasteiger partial charge in [0.05, 0.1) is 0 Å². The fourth-order valence-electron chi connectivity index (χ4n) is 0.973. The fourth-order valence-corrected chi connectivity index (χ4v) is 2.11. The smallest absolute Gasteiger partial charge is 0.202 e. The number of rotatable bonds is 4. The minimum atomic E-state index is -3.69. The molecule has 6 heteroatoms. The summed E-state index contributed by atoms with van der Waals surface area (Å²) in [5, 5.41) is -0.134. The van der Waals surface area contributed by atoms with E-state index < -0.39 is 21.4 Å². The number of halogens is 1. The van der Waals surface area contributed by atoms with Crippen LogP contribution in [0, 0.1) is 0 Å². The first kappa shape index (κ1) is 15.7. The molecule has 0 saturated carbocycles. The van der Waals surface area contributed by atoms with Crippen molar-refractivity contribution in [1.82, 2.24) is 4.98 Å². The van der Waals surface area contributed by atoms with Gasteiger partial charge in [-0.2, -0.15) is 0 Å². The molecular weight excluding hydrogens is 243 g/mol. The Kier molecular flexibility index (Phi) is 7.32. The van der Waals surface area contributed by atoms with Gasteiger partial charge in [0.15, 0.2) is 5.03 Å². The lowest BCUT2D eigenvalue weighted by Crippen LogP contribution is -2.10. The molecule has 4 nitrogen and oxygen atoms in total. The molecule has 0 aliphatic rings. The molecule has 0 spiro atoms. The zero-order valence-electron chi connectivity index (χ0n) is 9.93. The molecule has 1 rings (SSSR count). The lowest BCUT2D eigenvalue weighted by molar-refractivity contribution is 0.580. The molecular formula is C11H17FN2O2S. The van der Waals surface area contributed by atoms with Gasteiger partial charge >= 0.3 is 0 Å². The van der Waals surface area contributed by atoms with E-state index in [0.29, 0.717) is 0 Å². The number of nitrogens with two attached hydrogens (primary N) is 1. The summed E-state index contributed by atoms with van der Waals surface area (Å²) < 4.78 is 36.0. The van der Waals surface area contributed by atoms with Crippen molar-refractivity contribution in [2.45, 2.75) is 18.9 Å². The van der Waals surface area contributed by atoms with Gasteiger partial charge in [-0.15, -0.1) is 0 Å². The van der Waals surface area contributed by atoms with E-state index in [1.54, 1.807) is 6.07 Å². The van der Waals surface area contributed by atoms with Gasteiger partial charge in [-0.25, -0.2) is 17.8 Å². The van der Waals surface area contributed by atoms with Crippen LogP contribution in [0.2, 0.25) is 0 Å². The molecule has 96 valence electrons. The van der Waals surface area contributed by atoms with Crippen LogP contribution >= 0.6 is 0 Å². The standard InChI is InChI=1S/C9H11FN2O2S.C2H6/c10-8(4-5-11)7-15(13,14)9-3-1-2-6-12-9;1-2/h1-4,6H,5,7,11H2;1-2H3/b8-4-;. The van der Waals surface area contributed by atoms with Crippen LogP contribution in [0.15, 0.2) is 41.3 Å². The van der Waals surface area contributed by atoms with E-state index >= 15 is 0 Å². The summed E-state index contributed by atoms with van der Waals surface area (Å²) in [6, 6.07) is 4.45. The Bertz CT molecular complexity index is 444. The largest absolute Gasteiger partial charge is 0.327 e. The van der Waals surface area contributed by atoms with E-state index in [0.717, 1.165) is 6.08 Å². The average Bonchev–Trinajstić information content (AvgIpc) is 2.32. The average molecular weight is 260 g/mol. The van der Waals surface area contributed by atoms with E-state index in [4.69, 9.17) is 5.73 Å². The van der Waals surface area contributed by atoms with Gasteiger partial charge < -0.3 is 5.73 Å². The van der Waals surface area contributed by atoms with Crippen LogP contribution in [0.1, 0.15) is 13.8 Å². The van der Waals surface area contributed by atoms with E-state index in [-0.39, 0.29) is 11.6 Å². The van der Waals surface area contributed by atoms with E-state index in [1.165, 1.54) is 18.3 Å². The van der Waals surface area contributed by atoms with Gasteiger partial charge in [-0.1, -0.05) is 19.9 Å². The van der Waals surface area contributed by atoms with E-state index in [2.05, 4.69) is 4.98 Å². The van der Waals surface area contributed by atoms with Crippen molar-refractivity contribution >= 4 is 9.84 Å². The molecule has 0 aliphatic heterocycles. The number of hydrogen-bond acceptors (Lipinski definition) is 4. The maximum Gasteiger partial charge on any atom is 0.202 e.